The minimum absolute atomic E-state index is 0.0128. The van der Waals surface area contributed by atoms with Crippen LogP contribution in [0.15, 0.2) is 48.7 Å². The Bertz CT molecular complexity index is 985. The number of likely N-dealkylation sites (tertiary alicyclic amines) is 1. The number of aromatic nitrogens is 3. The van der Waals surface area contributed by atoms with Gasteiger partial charge in [-0.25, -0.2) is 4.68 Å². The quantitative estimate of drug-likeness (QED) is 0.713. The van der Waals surface area contributed by atoms with E-state index in [1.54, 1.807) is 11.9 Å². The monoisotopic (exact) mass is 363 g/mol. The van der Waals surface area contributed by atoms with Crippen molar-refractivity contribution in [3.05, 3.63) is 54.4 Å². The Morgan fingerprint density at radius 1 is 1.07 bits per heavy atom. The molecule has 27 heavy (non-hydrogen) atoms. The van der Waals surface area contributed by atoms with Crippen molar-refractivity contribution in [2.75, 3.05) is 25.0 Å². The predicted molar refractivity (Wildman–Crippen MR) is 103 cm³/mol. The van der Waals surface area contributed by atoms with Gasteiger partial charge in [0.15, 0.2) is 5.69 Å². The summed E-state index contributed by atoms with van der Waals surface area (Å²) in [6, 6.07) is 13.8. The van der Waals surface area contributed by atoms with Gasteiger partial charge in [0.05, 0.1) is 11.9 Å². The van der Waals surface area contributed by atoms with Gasteiger partial charge in [-0.15, -0.1) is 5.10 Å². The van der Waals surface area contributed by atoms with Crippen LogP contribution in [0.4, 0.5) is 5.69 Å². The van der Waals surface area contributed by atoms with E-state index in [0.717, 1.165) is 42.4 Å². The molecule has 2 heterocycles. The van der Waals surface area contributed by atoms with Crippen LogP contribution in [-0.2, 0) is 11.3 Å². The van der Waals surface area contributed by atoms with E-state index < -0.39 is 0 Å². The first-order valence-electron chi connectivity index (χ1n) is 9.07. The van der Waals surface area contributed by atoms with Gasteiger partial charge < -0.3 is 9.80 Å². The first kappa shape index (κ1) is 17.2. The van der Waals surface area contributed by atoms with E-state index in [1.165, 1.54) is 10.9 Å². The van der Waals surface area contributed by atoms with Gasteiger partial charge in [-0.05, 0) is 24.3 Å². The first-order chi connectivity index (χ1) is 13.1. The highest BCUT2D eigenvalue weighted by Crippen LogP contribution is 2.26. The van der Waals surface area contributed by atoms with Crippen LogP contribution in [0.2, 0.25) is 0 Å². The van der Waals surface area contributed by atoms with Crippen LogP contribution in [0.5, 0.6) is 0 Å². The van der Waals surface area contributed by atoms with Crippen LogP contribution in [0.1, 0.15) is 23.3 Å². The highest BCUT2D eigenvalue weighted by molar-refractivity contribution is 6.09. The molecule has 2 aromatic carbocycles. The van der Waals surface area contributed by atoms with Crippen LogP contribution in [0.25, 0.3) is 10.8 Å². The van der Waals surface area contributed by atoms with E-state index in [2.05, 4.69) is 10.3 Å². The Hall–Kier alpha value is -3.22. The summed E-state index contributed by atoms with van der Waals surface area (Å²) in [5, 5.41) is 9.99. The number of amides is 2. The average molecular weight is 363 g/mol. The molecule has 0 bridgehead atoms. The van der Waals surface area contributed by atoms with Crippen molar-refractivity contribution in [2.45, 2.75) is 19.4 Å². The number of hydrogen-bond donors (Lipinski definition) is 0. The number of rotatable bonds is 4. The van der Waals surface area contributed by atoms with Crippen LogP contribution in [0, 0.1) is 0 Å². The molecule has 7 heteroatoms. The SMILES string of the molecule is CN(C(=O)c1cn(CC(=O)N2CCCC2)nn1)c1cccc2ccccc12. The maximum atomic E-state index is 12.9. The number of benzene rings is 2. The molecule has 7 nitrogen and oxygen atoms in total. The molecule has 0 saturated carbocycles. The molecule has 0 radical (unpaired) electrons. The zero-order chi connectivity index (χ0) is 18.8. The number of fused-ring (bicyclic) bond motifs is 1. The second-order valence-electron chi connectivity index (χ2n) is 6.75. The third-order valence-electron chi connectivity index (χ3n) is 4.95. The van der Waals surface area contributed by atoms with Crippen molar-refractivity contribution in [3.8, 4) is 0 Å². The normalized spacial score (nSPS) is 13.9. The number of carbonyl (C=O) groups is 2. The summed E-state index contributed by atoms with van der Waals surface area (Å²) in [6.45, 7) is 1.70. The summed E-state index contributed by atoms with van der Waals surface area (Å²) in [4.78, 5) is 28.5. The molecular weight excluding hydrogens is 342 g/mol. The van der Waals surface area contributed by atoms with Crippen molar-refractivity contribution in [1.29, 1.82) is 0 Å². The molecular formula is C20H21N5O2. The number of carbonyl (C=O) groups excluding carboxylic acids is 2. The van der Waals surface area contributed by atoms with E-state index in [0.29, 0.717) is 0 Å². The molecule has 138 valence electrons. The molecule has 0 atom stereocenters. The van der Waals surface area contributed by atoms with Crippen molar-refractivity contribution < 1.29 is 9.59 Å². The number of anilines is 1. The minimum Gasteiger partial charge on any atom is -0.341 e. The molecule has 0 N–H and O–H groups in total. The highest BCUT2D eigenvalue weighted by atomic mass is 16.2. The van der Waals surface area contributed by atoms with Gasteiger partial charge in [0, 0.05) is 25.5 Å². The largest absolute Gasteiger partial charge is 0.341 e. The van der Waals surface area contributed by atoms with Crippen LogP contribution in [0.3, 0.4) is 0 Å². The Labute approximate surface area is 157 Å². The first-order valence-corrected chi connectivity index (χ1v) is 9.07. The molecule has 0 unspecified atom stereocenters. The molecule has 1 saturated heterocycles. The summed E-state index contributed by atoms with van der Waals surface area (Å²) in [6.07, 6.45) is 3.63. The van der Waals surface area contributed by atoms with Crippen molar-refractivity contribution in [3.63, 3.8) is 0 Å². The zero-order valence-corrected chi connectivity index (χ0v) is 15.2. The fourth-order valence-electron chi connectivity index (χ4n) is 3.46. The van der Waals surface area contributed by atoms with Crippen LogP contribution in [-0.4, -0.2) is 51.8 Å². The molecule has 3 aromatic rings. The molecule has 1 aliphatic rings. The van der Waals surface area contributed by atoms with Crippen molar-refractivity contribution in [1.82, 2.24) is 19.9 Å². The van der Waals surface area contributed by atoms with E-state index in [4.69, 9.17) is 0 Å². The van der Waals surface area contributed by atoms with Gasteiger partial charge in [-0.2, -0.15) is 0 Å². The van der Waals surface area contributed by atoms with Crippen LogP contribution >= 0.6 is 0 Å². The molecule has 0 aliphatic carbocycles. The third-order valence-corrected chi connectivity index (χ3v) is 4.95. The molecule has 1 fully saturated rings. The Morgan fingerprint density at radius 3 is 2.63 bits per heavy atom. The van der Waals surface area contributed by atoms with Crippen molar-refractivity contribution in [2.24, 2.45) is 0 Å². The highest BCUT2D eigenvalue weighted by Gasteiger charge is 2.21. The average Bonchev–Trinajstić information content (AvgIpc) is 3.38. The lowest BCUT2D eigenvalue weighted by Crippen LogP contribution is -2.31. The van der Waals surface area contributed by atoms with Crippen LogP contribution < -0.4 is 4.90 Å². The van der Waals surface area contributed by atoms with E-state index >= 15 is 0 Å². The molecule has 0 spiro atoms. The Morgan fingerprint density at radius 2 is 1.81 bits per heavy atom. The molecule has 1 aromatic heterocycles. The predicted octanol–water partition coefficient (Wildman–Crippen LogP) is 2.33. The summed E-state index contributed by atoms with van der Waals surface area (Å²) in [5.41, 5.74) is 1.03. The zero-order valence-electron chi connectivity index (χ0n) is 15.2. The van der Waals surface area contributed by atoms with Gasteiger partial charge in [0.25, 0.3) is 5.91 Å². The van der Waals surface area contributed by atoms with E-state index in [1.807, 2.05) is 47.4 Å². The standard InChI is InChI=1S/C20H21N5O2/c1-23(18-10-6-8-15-7-2-3-9-16(15)18)20(27)17-13-25(22-21-17)14-19(26)24-11-4-5-12-24/h2-3,6-10,13H,4-5,11-12,14H2,1H3. The summed E-state index contributed by atoms with van der Waals surface area (Å²) >= 11 is 0. The Balaban J connectivity index is 1.52. The fourth-order valence-corrected chi connectivity index (χ4v) is 3.46. The molecule has 4 rings (SSSR count). The van der Waals surface area contributed by atoms with Crippen molar-refractivity contribution >= 4 is 28.3 Å². The maximum absolute atomic E-state index is 12.9. The lowest BCUT2D eigenvalue weighted by atomic mass is 10.1. The number of nitrogens with zero attached hydrogens (tertiary/aromatic N) is 5. The summed E-state index contributed by atoms with van der Waals surface area (Å²) in [7, 11) is 1.72. The topological polar surface area (TPSA) is 71.3 Å². The second-order valence-corrected chi connectivity index (χ2v) is 6.75. The van der Waals surface area contributed by atoms with Gasteiger partial charge in [0.2, 0.25) is 5.91 Å². The lowest BCUT2D eigenvalue weighted by molar-refractivity contribution is -0.130. The van der Waals surface area contributed by atoms with Gasteiger partial charge in [0.1, 0.15) is 6.54 Å². The fraction of sp³-hybridized carbons (Fsp3) is 0.300. The molecule has 2 amide bonds. The summed E-state index contributed by atoms with van der Waals surface area (Å²) < 4.78 is 1.44. The number of hydrogen-bond acceptors (Lipinski definition) is 4. The Kier molecular flexibility index (Phi) is 4.58. The van der Waals surface area contributed by atoms with E-state index in [-0.39, 0.29) is 24.1 Å². The van der Waals surface area contributed by atoms with Gasteiger partial charge in [-0.1, -0.05) is 41.6 Å². The maximum Gasteiger partial charge on any atom is 0.280 e. The lowest BCUT2D eigenvalue weighted by Gasteiger charge is -2.18. The van der Waals surface area contributed by atoms with Gasteiger partial charge >= 0.3 is 0 Å². The molecule has 1 aliphatic heterocycles. The smallest absolute Gasteiger partial charge is 0.280 e. The summed E-state index contributed by atoms with van der Waals surface area (Å²) in [5.74, 6) is -0.245. The van der Waals surface area contributed by atoms with Gasteiger partial charge in [-0.3, -0.25) is 9.59 Å². The minimum atomic E-state index is -0.258. The third kappa shape index (κ3) is 3.40. The van der Waals surface area contributed by atoms with E-state index in [9.17, 15) is 9.59 Å². The second kappa shape index (κ2) is 7.19.